The summed E-state index contributed by atoms with van der Waals surface area (Å²) in [7, 11) is 0. The van der Waals surface area contributed by atoms with Crippen molar-refractivity contribution in [3.63, 3.8) is 0 Å². The molecule has 5 aliphatic rings. The third kappa shape index (κ3) is 2.70. The van der Waals surface area contributed by atoms with Gasteiger partial charge in [0.1, 0.15) is 11.4 Å². The molecule has 0 aromatic heterocycles. The quantitative estimate of drug-likeness (QED) is 0.868. The first-order chi connectivity index (χ1) is 12.1. The highest BCUT2D eigenvalue weighted by atomic mass is 16.5. The Bertz CT molecular complexity index is 754. The summed E-state index contributed by atoms with van der Waals surface area (Å²) in [6.07, 6.45) is 12.1. The second-order valence-electron chi connectivity index (χ2n) is 8.65. The van der Waals surface area contributed by atoms with E-state index in [1.54, 1.807) is 0 Å². The zero-order valence-electron chi connectivity index (χ0n) is 14.9. The number of rotatable bonds is 3. The van der Waals surface area contributed by atoms with E-state index in [1.165, 1.54) is 44.1 Å². The number of nitrogens with one attached hydrogen (secondary N) is 1. The highest BCUT2D eigenvalue weighted by molar-refractivity contribution is 6.09. The molecule has 3 nitrogen and oxygen atoms in total. The van der Waals surface area contributed by atoms with Gasteiger partial charge in [-0.15, -0.1) is 0 Å². The second kappa shape index (κ2) is 5.48. The summed E-state index contributed by atoms with van der Waals surface area (Å²) in [6, 6.07) is 6.46. The fourth-order valence-corrected chi connectivity index (χ4v) is 5.86. The lowest BCUT2D eigenvalue weighted by Gasteiger charge is -2.56. The van der Waals surface area contributed by atoms with E-state index in [1.807, 2.05) is 12.2 Å². The minimum atomic E-state index is 0.114. The molecular weight excluding hydrogens is 308 g/mol. The predicted octanol–water partition coefficient (Wildman–Crippen LogP) is 4.72. The van der Waals surface area contributed by atoms with Gasteiger partial charge < -0.3 is 4.74 Å². The van der Waals surface area contributed by atoms with E-state index in [4.69, 9.17) is 4.74 Å². The van der Waals surface area contributed by atoms with Crippen molar-refractivity contribution in [3.8, 4) is 5.75 Å². The summed E-state index contributed by atoms with van der Waals surface area (Å²) in [4.78, 5) is 0. The first-order valence-corrected chi connectivity index (χ1v) is 9.59. The van der Waals surface area contributed by atoms with Crippen molar-refractivity contribution in [2.24, 2.45) is 22.9 Å². The number of hydrogen-bond donors (Lipinski definition) is 1. The lowest BCUT2D eigenvalue weighted by atomic mass is 9.54. The van der Waals surface area contributed by atoms with Gasteiger partial charge >= 0.3 is 0 Å². The fraction of sp³-hybridized carbons (Fsp3) is 0.500. The molecule has 25 heavy (non-hydrogen) atoms. The zero-order chi connectivity index (χ0) is 17.0. The van der Waals surface area contributed by atoms with Crippen LogP contribution in [-0.2, 0) is 0 Å². The monoisotopic (exact) mass is 334 g/mol. The van der Waals surface area contributed by atoms with Gasteiger partial charge in [0.05, 0.1) is 5.71 Å². The molecule has 4 aliphatic carbocycles. The first kappa shape index (κ1) is 15.2. The van der Waals surface area contributed by atoms with Crippen LogP contribution in [0.25, 0.3) is 0 Å². The molecule has 0 saturated heterocycles. The van der Waals surface area contributed by atoms with Gasteiger partial charge in [-0.05, 0) is 99.1 Å². The van der Waals surface area contributed by atoms with Crippen molar-refractivity contribution >= 4 is 5.71 Å². The van der Waals surface area contributed by atoms with E-state index >= 15 is 0 Å². The number of nitrogens with zero attached hydrogens (tertiary/aromatic N) is 1. The fourth-order valence-electron chi connectivity index (χ4n) is 5.86. The van der Waals surface area contributed by atoms with Crippen LogP contribution < -0.4 is 10.2 Å². The van der Waals surface area contributed by atoms with Crippen LogP contribution in [-0.4, -0.2) is 11.3 Å². The summed E-state index contributed by atoms with van der Waals surface area (Å²) in [5.74, 6) is 3.79. The van der Waals surface area contributed by atoms with Crippen molar-refractivity contribution in [2.75, 3.05) is 0 Å². The standard InChI is InChI=1S/C22H26N2O/c1-14-7-19(20-5-3-15(2)23-24-20)4-6-21(14)25-22-11-16-8-17(12-22)10-18(9-16)13-22/h3-7,16-18,23H,2,8-13H2,1H3. The largest absolute Gasteiger partial charge is 0.487 e. The molecule has 4 saturated carbocycles. The molecule has 4 bridgehead atoms. The van der Waals surface area contributed by atoms with Gasteiger partial charge in [0.2, 0.25) is 0 Å². The Morgan fingerprint density at radius 1 is 1.08 bits per heavy atom. The number of hydrogen-bond acceptors (Lipinski definition) is 3. The molecule has 0 unspecified atom stereocenters. The molecule has 3 heteroatoms. The Morgan fingerprint density at radius 2 is 1.76 bits per heavy atom. The highest BCUT2D eigenvalue weighted by Gasteiger charge is 2.52. The van der Waals surface area contributed by atoms with Crippen molar-refractivity contribution < 1.29 is 4.74 Å². The van der Waals surface area contributed by atoms with E-state index in [2.05, 4.69) is 42.2 Å². The van der Waals surface area contributed by atoms with E-state index in [0.29, 0.717) is 0 Å². The molecule has 0 spiro atoms. The van der Waals surface area contributed by atoms with Gasteiger partial charge in [-0.1, -0.05) is 6.58 Å². The average molecular weight is 334 g/mol. The molecule has 0 amide bonds. The van der Waals surface area contributed by atoms with Crippen LogP contribution in [0.15, 0.2) is 47.7 Å². The zero-order valence-corrected chi connectivity index (χ0v) is 14.9. The van der Waals surface area contributed by atoms with Crippen LogP contribution in [0.2, 0.25) is 0 Å². The SMILES string of the molecule is C=C1C=CC(c2ccc(OC34CC5CC(CC(C5)C3)C4)c(C)c2)=NN1. The van der Waals surface area contributed by atoms with E-state index < -0.39 is 0 Å². The molecule has 0 radical (unpaired) electrons. The number of benzene rings is 1. The Morgan fingerprint density at radius 3 is 2.32 bits per heavy atom. The molecule has 130 valence electrons. The lowest BCUT2D eigenvalue weighted by molar-refractivity contribution is -0.107. The van der Waals surface area contributed by atoms with Crippen LogP contribution in [0.3, 0.4) is 0 Å². The Balaban J connectivity index is 1.38. The van der Waals surface area contributed by atoms with Crippen LogP contribution in [0.4, 0.5) is 0 Å². The molecule has 1 aliphatic heterocycles. The minimum Gasteiger partial charge on any atom is -0.487 e. The van der Waals surface area contributed by atoms with Crippen LogP contribution in [0.1, 0.15) is 49.7 Å². The first-order valence-electron chi connectivity index (χ1n) is 9.59. The van der Waals surface area contributed by atoms with E-state index in [-0.39, 0.29) is 5.60 Å². The predicted molar refractivity (Wildman–Crippen MR) is 101 cm³/mol. The molecule has 6 rings (SSSR count). The molecule has 1 heterocycles. The van der Waals surface area contributed by atoms with Crippen molar-refractivity contribution in [1.29, 1.82) is 0 Å². The van der Waals surface area contributed by atoms with Crippen LogP contribution in [0.5, 0.6) is 5.75 Å². The van der Waals surface area contributed by atoms with Crippen molar-refractivity contribution in [1.82, 2.24) is 5.43 Å². The maximum Gasteiger partial charge on any atom is 0.123 e. The number of hydrazone groups is 1. The smallest absolute Gasteiger partial charge is 0.123 e. The van der Waals surface area contributed by atoms with Crippen LogP contribution >= 0.6 is 0 Å². The molecular formula is C22H26N2O. The van der Waals surface area contributed by atoms with Gasteiger partial charge in [0, 0.05) is 11.3 Å². The maximum atomic E-state index is 6.72. The summed E-state index contributed by atoms with van der Waals surface area (Å²) in [5, 5.41) is 4.37. The van der Waals surface area contributed by atoms with Gasteiger partial charge in [-0.3, -0.25) is 5.43 Å². The minimum absolute atomic E-state index is 0.114. The number of allylic oxidation sites excluding steroid dienone is 2. The normalized spacial score (nSPS) is 35.5. The third-order valence-electron chi connectivity index (χ3n) is 6.54. The maximum absolute atomic E-state index is 6.72. The summed E-state index contributed by atoms with van der Waals surface area (Å²) in [6.45, 7) is 6.00. The topological polar surface area (TPSA) is 33.6 Å². The summed E-state index contributed by atoms with van der Waals surface area (Å²) in [5.41, 5.74) is 7.14. The summed E-state index contributed by atoms with van der Waals surface area (Å²) >= 11 is 0. The van der Waals surface area contributed by atoms with Gasteiger partial charge in [-0.25, -0.2) is 0 Å². The van der Waals surface area contributed by atoms with Gasteiger partial charge in [0.25, 0.3) is 0 Å². The van der Waals surface area contributed by atoms with Crippen molar-refractivity contribution in [2.45, 2.75) is 51.0 Å². The number of aryl methyl sites for hydroxylation is 1. The van der Waals surface area contributed by atoms with E-state index in [9.17, 15) is 0 Å². The molecule has 4 fully saturated rings. The third-order valence-corrected chi connectivity index (χ3v) is 6.54. The van der Waals surface area contributed by atoms with Crippen LogP contribution in [0, 0.1) is 24.7 Å². The second-order valence-corrected chi connectivity index (χ2v) is 8.65. The van der Waals surface area contributed by atoms with Crippen molar-refractivity contribution in [3.05, 3.63) is 53.8 Å². The molecule has 1 aromatic rings. The van der Waals surface area contributed by atoms with Gasteiger partial charge in [-0.2, -0.15) is 5.10 Å². The Hall–Kier alpha value is -2.03. The average Bonchev–Trinajstić information content (AvgIpc) is 2.56. The molecule has 1 N–H and O–H groups in total. The molecule has 0 atom stereocenters. The van der Waals surface area contributed by atoms with E-state index in [0.717, 1.165) is 40.5 Å². The molecule has 1 aromatic carbocycles. The Labute approximate surface area is 149 Å². The van der Waals surface area contributed by atoms with Gasteiger partial charge in [0.15, 0.2) is 0 Å². The summed E-state index contributed by atoms with van der Waals surface area (Å²) < 4.78 is 6.72. The lowest BCUT2D eigenvalue weighted by Crippen LogP contribution is -2.53. The highest BCUT2D eigenvalue weighted by Crippen LogP contribution is 2.57. The number of ether oxygens (including phenoxy) is 1. The Kier molecular flexibility index (Phi) is 3.34.